The Morgan fingerprint density at radius 1 is 0.871 bits per heavy atom. The Morgan fingerprint density at radius 2 is 1.48 bits per heavy atom. The molecule has 4 nitrogen and oxygen atoms in total. The lowest BCUT2D eigenvalue weighted by molar-refractivity contribution is 0.109. The highest BCUT2D eigenvalue weighted by molar-refractivity contribution is 5.53. The fraction of sp³-hybridized carbons (Fsp3) is 0.333. The molecule has 2 N–H and O–H groups in total. The normalized spacial score (nSPS) is 17.9. The third-order valence-electron chi connectivity index (χ3n) is 5.68. The summed E-state index contributed by atoms with van der Waals surface area (Å²) >= 11 is 0. The van der Waals surface area contributed by atoms with Crippen molar-refractivity contribution < 1.29 is 14.6 Å². The summed E-state index contributed by atoms with van der Waals surface area (Å²) in [6.07, 6.45) is 1.13. The Balaban J connectivity index is 1.61. The van der Waals surface area contributed by atoms with Gasteiger partial charge in [-0.25, -0.2) is 0 Å². The molecule has 1 aliphatic rings. The predicted molar refractivity (Wildman–Crippen MR) is 123 cm³/mol. The van der Waals surface area contributed by atoms with Crippen LogP contribution in [0.2, 0.25) is 0 Å². The van der Waals surface area contributed by atoms with Crippen molar-refractivity contribution in [2.45, 2.75) is 58.1 Å². The molecule has 4 rings (SSSR count). The van der Waals surface area contributed by atoms with Gasteiger partial charge in [-0.1, -0.05) is 80.6 Å². The van der Waals surface area contributed by atoms with Crippen molar-refractivity contribution in [2.75, 3.05) is 0 Å². The molecule has 0 aromatic heterocycles. The highest BCUT2D eigenvalue weighted by Crippen LogP contribution is 2.42. The first-order valence-corrected chi connectivity index (χ1v) is 11.0. The summed E-state index contributed by atoms with van der Waals surface area (Å²) in [6.45, 7) is 5.15. The minimum atomic E-state index is -0.562. The first kappa shape index (κ1) is 21.4. The van der Waals surface area contributed by atoms with Gasteiger partial charge in [-0.2, -0.15) is 0 Å². The Morgan fingerprint density at radius 3 is 2.10 bits per heavy atom. The Labute approximate surface area is 184 Å². The Kier molecular flexibility index (Phi) is 6.90. The van der Waals surface area contributed by atoms with E-state index in [4.69, 9.17) is 9.47 Å². The number of fused-ring (bicyclic) bond motifs is 1. The number of rotatable bonds is 8. The lowest BCUT2D eigenvalue weighted by Gasteiger charge is -2.33. The van der Waals surface area contributed by atoms with Crippen molar-refractivity contribution in [1.82, 2.24) is 5.32 Å². The van der Waals surface area contributed by atoms with Crippen molar-refractivity contribution in [3.63, 3.8) is 0 Å². The molecule has 4 heteroatoms. The predicted octanol–water partition coefficient (Wildman–Crippen LogP) is 5.19. The maximum atomic E-state index is 11.0. The number of hydrogen-bond acceptors (Lipinski definition) is 4. The fourth-order valence-corrected chi connectivity index (χ4v) is 4.17. The van der Waals surface area contributed by atoms with Gasteiger partial charge in [-0.05, 0) is 35.6 Å². The minimum absolute atomic E-state index is 0.0468. The molecule has 0 aliphatic heterocycles. The lowest BCUT2D eigenvalue weighted by atomic mass is 9.84. The smallest absolute Gasteiger partial charge is 0.165 e. The number of nitrogens with one attached hydrogen (secondary N) is 1. The van der Waals surface area contributed by atoms with E-state index in [1.165, 1.54) is 0 Å². The van der Waals surface area contributed by atoms with Crippen LogP contribution < -0.4 is 14.8 Å². The Bertz CT molecular complexity index is 973. The van der Waals surface area contributed by atoms with Gasteiger partial charge in [0.05, 0.1) is 6.10 Å². The molecule has 0 saturated carbocycles. The van der Waals surface area contributed by atoms with Crippen LogP contribution in [0.25, 0.3) is 0 Å². The van der Waals surface area contributed by atoms with Crippen molar-refractivity contribution in [3.8, 4) is 11.5 Å². The summed E-state index contributed by atoms with van der Waals surface area (Å²) in [5, 5.41) is 14.5. The van der Waals surface area contributed by atoms with Crippen LogP contribution >= 0.6 is 0 Å². The standard InChI is InChI=1S/C27H31NO3/c1-19(2)28-24-15-13-23-22(26(24)29)14-16-25(30-17-20-9-5-3-6-10-20)27(23)31-18-21-11-7-4-8-12-21/h3-12,14,16,19,24,26,28-29H,13,15,17-18H2,1-2H3/t24?,26-/m0/s1. The van der Waals surface area contributed by atoms with E-state index in [-0.39, 0.29) is 6.04 Å². The van der Waals surface area contributed by atoms with Crippen molar-refractivity contribution in [2.24, 2.45) is 0 Å². The molecular weight excluding hydrogens is 386 g/mol. The Hall–Kier alpha value is -2.82. The molecule has 31 heavy (non-hydrogen) atoms. The van der Waals surface area contributed by atoms with Gasteiger partial charge in [-0.15, -0.1) is 0 Å². The van der Waals surface area contributed by atoms with Gasteiger partial charge in [0.15, 0.2) is 11.5 Å². The van der Waals surface area contributed by atoms with E-state index >= 15 is 0 Å². The summed E-state index contributed by atoms with van der Waals surface area (Å²) in [6, 6.07) is 24.5. The summed E-state index contributed by atoms with van der Waals surface area (Å²) in [5.41, 5.74) is 4.19. The molecule has 0 heterocycles. The van der Waals surface area contributed by atoms with Crippen LogP contribution in [0.4, 0.5) is 0 Å². The topological polar surface area (TPSA) is 50.7 Å². The zero-order valence-electron chi connectivity index (χ0n) is 18.3. The quantitative estimate of drug-likeness (QED) is 0.530. The van der Waals surface area contributed by atoms with Crippen LogP contribution in [0.1, 0.15) is 48.6 Å². The second kappa shape index (κ2) is 9.99. The van der Waals surface area contributed by atoms with Crippen molar-refractivity contribution in [1.29, 1.82) is 0 Å². The number of benzene rings is 3. The van der Waals surface area contributed by atoms with Gasteiger partial charge >= 0.3 is 0 Å². The van der Waals surface area contributed by atoms with E-state index in [1.807, 2.05) is 48.5 Å². The molecule has 3 aromatic carbocycles. The van der Waals surface area contributed by atoms with Crippen LogP contribution in [-0.2, 0) is 19.6 Å². The van der Waals surface area contributed by atoms with Gasteiger partial charge < -0.3 is 19.9 Å². The van der Waals surface area contributed by atoms with Crippen molar-refractivity contribution in [3.05, 3.63) is 95.1 Å². The van der Waals surface area contributed by atoms with Crippen LogP contribution in [0.15, 0.2) is 72.8 Å². The van der Waals surface area contributed by atoms with Gasteiger partial charge in [0, 0.05) is 17.6 Å². The average Bonchev–Trinajstić information content (AvgIpc) is 2.79. The van der Waals surface area contributed by atoms with E-state index < -0.39 is 6.10 Å². The molecule has 0 bridgehead atoms. The molecule has 162 valence electrons. The maximum absolute atomic E-state index is 11.0. The van der Waals surface area contributed by atoms with Crippen LogP contribution in [0.5, 0.6) is 11.5 Å². The first-order valence-electron chi connectivity index (χ1n) is 11.0. The zero-order chi connectivity index (χ0) is 21.6. The van der Waals surface area contributed by atoms with Gasteiger partial charge in [0.2, 0.25) is 0 Å². The molecule has 2 atom stereocenters. The molecule has 0 radical (unpaired) electrons. The number of aliphatic hydroxyl groups excluding tert-OH is 1. The van der Waals surface area contributed by atoms with E-state index in [1.54, 1.807) is 0 Å². The minimum Gasteiger partial charge on any atom is -0.485 e. The van der Waals surface area contributed by atoms with E-state index in [2.05, 4.69) is 43.4 Å². The molecular formula is C27H31NO3. The number of aliphatic hydroxyl groups is 1. The zero-order valence-corrected chi connectivity index (χ0v) is 18.3. The lowest BCUT2D eigenvalue weighted by Crippen LogP contribution is -2.42. The molecule has 0 spiro atoms. The largest absolute Gasteiger partial charge is 0.485 e. The summed E-state index contributed by atoms with van der Waals surface area (Å²) < 4.78 is 12.5. The van der Waals surface area contributed by atoms with Gasteiger partial charge in [-0.3, -0.25) is 0 Å². The monoisotopic (exact) mass is 417 g/mol. The van der Waals surface area contributed by atoms with Crippen LogP contribution in [0.3, 0.4) is 0 Å². The highest BCUT2D eigenvalue weighted by Gasteiger charge is 2.31. The van der Waals surface area contributed by atoms with E-state index in [0.717, 1.165) is 46.6 Å². The summed E-state index contributed by atoms with van der Waals surface area (Å²) in [4.78, 5) is 0. The molecule has 1 aliphatic carbocycles. The summed E-state index contributed by atoms with van der Waals surface area (Å²) in [7, 11) is 0. The third-order valence-corrected chi connectivity index (χ3v) is 5.68. The third kappa shape index (κ3) is 5.27. The first-order chi connectivity index (χ1) is 15.1. The second-order valence-corrected chi connectivity index (χ2v) is 8.42. The van der Waals surface area contributed by atoms with Crippen LogP contribution in [0, 0.1) is 0 Å². The van der Waals surface area contributed by atoms with Gasteiger partial charge in [0.1, 0.15) is 13.2 Å². The second-order valence-electron chi connectivity index (χ2n) is 8.42. The molecule has 0 fully saturated rings. The highest BCUT2D eigenvalue weighted by atomic mass is 16.5. The average molecular weight is 418 g/mol. The molecule has 1 unspecified atom stereocenters. The maximum Gasteiger partial charge on any atom is 0.165 e. The SMILES string of the molecule is CC(C)NC1CCc2c(ccc(OCc3ccccc3)c2OCc2ccccc2)[C@@H]1O. The molecule has 0 amide bonds. The fourth-order valence-electron chi connectivity index (χ4n) is 4.17. The van der Waals surface area contributed by atoms with Crippen LogP contribution in [-0.4, -0.2) is 17.2 Å². The van der Waals surface area contributed by atoms with E-state index in [0.29, 0.717) is 19.3 Å². The van der Waals surface area contributed by atoms with Crippen molar-refractivity contribution >= 4 is 0 Å². The number of ether oxygens (including phenoxy) is 2. The van der Waals surface area contributed by atoms with E-state index in [9.17, 15) is 5.11 Å². The summed E-state index contributed by atoms with van der Waals surface area (Å²) in [5.74, 6) is 1.47. The molecule has 0 saturated heterocycles. The number of hydrogen-bond donors (Lipinski definition) is 2. The van der Waals surface area contributed by atoms with Gasteiger partial charge in [0.25, 0.3) is 0 Å². The molecule has 3 aromatic rings.